The lowest BCUT2D eigenvalue weighted by Gasteiger charge is -2.17. The maximum Gasteiger partial charge on any atom is 0.150 e. The molecule has 1 unspecified atom stereocenters. The minimum absolute atomic E-state index is 0.574. The molecule has 0 aliphatic heterocycles. The highest BCUT2D eigenvalue weighted by atomic mass is 127. The molecule has 0 spiro atoms. The molecule has 144 valence electrons. The van der Waals surface area contributed by atoms with Gasteiger partial charge in [0.1, 0.15) is 6.29 Å². The lowest BCUT2D eigenvalue weighted by molar-refractivity contribution is 0.112. The zero-order valence-electron chi connectivity index (χ0n) is 16.0. The number of carbonyl (C=O) groups excluding carboxylic acids is 1. The van der Waals surface area contributed by atoms with E-state index in [0.717, 1.165) is 34.7 Å². The van der Waals surface area contributed by atoms with E-state index in [2.05, 4.69) is 76.5 Å². The minimum atomic E-state index is 0.574. The van der Waals surface area contributed by atoms with E-state index >= 15 is 0 Å². The Hall–Kier alpha value is -2.30. The Morgan fingerprint density at radius 1 is 1.00 bits per heavy atom. The van der Waals surface area contributed by atoms with Gasteiger partial charge in [0.2, 0.25) is 0 Å². The molecule has 5 heteroatoms. The summed E-state index contributed by atoms with van der Waals surface area (Å²) in [6.07, 6.45) is 4.30. The van der Waals surface area contributed by atoms with E-state index in [1.807, 2.05) is 41.0 Å². The van der Waals surface area contributed by atoms with Gasteiger partial charge >= 0.3 is 0 Å². The van der Waals surface area contributed by atoms with Crippen molar-refractivity contribution in [2.45, 2.75) is 13.3 Å². The van der Waals surface area contributed by atoms with Crippen LogP contribution in [0.2, 0.25) is 0 Å². The lowest BCUT2D eigenvalue weighted by atomic mass is 9.87. The van der Waals surface area contributed by atoms with Crippen LogP contribution in [0.25, 0.3) is 22.0 Å². The van der Waals surface area contributed by atoms with Crippen molar-refractivity contribution in [3.05, 3.63) is 101 Å². The monoisotopic (exact) mass is 510 g/mol. The molecule has 1 aromatic heterocycles. The number of hydrogen-bond donors (Lipinski definition) is 0. The van der Waals surface area contributed by atoms with E-state index in [4.69, 9.17) is 0 Å². The van der Waals surface area contributed by atoms with Crippen LogP contribution < -0.4 is 0 Å². The fraction of sp³-hybridized carbons (Fsp3) is 0.0833. The number of hydrogen-bond acceptors (Lipinski definition) is 2. The molecule has 0 bridgehead atoms. The lowest BCUT2D eigenvalue weighted by Crippen LogP contribution is -1.96. The van der Waals surface area contributed by atoms with Crippen molar-refractivity contribution in [3.63, 3.8) is 0 Å². The zero-order valence-corrected chi connectivity index (χ0v) is 19.1. The normalized spacial score (nSPS) is 12.5. The second-order valence-electron chi connectivity index (χ2n) is 6.73. The molecule has 0 radical (unpaired) electrons. The topological polar surface area (TPSA) is 34.9 Å². The number of allylic oxidation sites excluding steroid dienone is 1. The van der Waals surface area contributed by atoms with Gasteiger partial charge in [0, 0.05) is 10.9 Å². The standard InChI is InChI=1S/C24H20IN2OP/c1-2-22(18-6-4-3-5-7-18)24(19-10-8-17(16-28)9-11-19)20-12-13-23-21(14-20)15-26-27(23)29-25/h3-16,29H,2H2,1H3/b24-22+. The van der Waals surface area contributed by atoms with Crippen LogP contribution >= 0.6 is 28.4 Å². The number of aromatic nitrogens is 2. The average molecular weight is 510 g/mol. The number of carbonyl (C=O) groups is 1. The molecular formula is C24H20IN2OP. The van der Waals surface area contributed by atoms with Gasteiger partial charge in [-0.25, -0.2) is 4.45 Å². The third kappa shape index (κ3) is 4.05. The van der Waals surface area contributed by atoms with Crippen molar-refractivity contribution in [3.8, 4) is 0 Å². The van der Waals surface area contributed by atoms with Gasteiger partial charge in [-0.2, -0.15) is 5.10 Å². The van der Waals surface area contributed by atoms with Crippen LogP contribution in [-0.4, -0.2) is 15.8 Å². The van der Waals surface area contributed by atoms with Crippen LogP contribution in [-0.2, 0) is 0 Å². The number of fused-ring (bicyclic) bond motifs is 1. The summed E-state index contributed by atoms with van der Waals surface area (Å²) in [7, 11) is 0. The Morgan fingerprint density at radius 3 is 2.38 bits per heavy atom. The first-order valence-electron chi connectivity index (χ1n) is 9.44. The minimum Gasteiger partial charge on any atom is -0.298 e. The SMILES string of the molecule is CC/C(=C(/c1ccc(C=O)cc1)c1ccc2c(cnn2PI)c1)c1ccccc1. The third-order valence-corrected chi connectivity index (χ3v) is 6.94. The molecule has 0 N–H and O–H groups in total. The van der Waals surface area contributed by atoms with Crippen LogP contribution in [0.1, 0.15) is 40.4 Å². The highest BCUT2D eigenvalue weighted by Crippen LogP contribution is 2.36. The number of nitrogens with zero attached hydrogens (tertiary/aromatic N) is 2. The van der Waals surface area contributed by atoms with E-state index in [9.17, 15) is 4.79 Å². The number of rotatable bonds is 6. The molecule has 0 aliphatic rings. The van der Waals surface area contributed by atoms with Gasteiger partial charge in [0.25, 0.3) is 0 Å². The molecule has 0 aliphatic carbocycles. The fourth-order valence-corrected chi connectivity index (χ4v) is 5.21. The molecule has 3 nitrogen and oxygen atoms in total. The summed E-state index contributed by atoms with van der Waals surface area (Å²) in [4.78, 5) is 11.1. The Kier molecular flexibility index (Phi) is 6.22. The second kappa shape index (κ2) is 9.02. The molecular weight excluding hydrogens is 490 g/mol. The zero-order chi connectivity index (χ0) is 20.2. The highest BCUT2D eigenvalue weighted by Gasteiger charge is 2.14. The summed E-state index contributed by atoms with van der Waals surface area (Å²) >= 11 is 2.35. The van der Waals surface area contributed by atoms with Crippen molar-refractivity contribution in [2.75, 3.05) is 0 Å². The van der Waals surface area contributed by atoms with Crippen LogP contribution in [0.3, 0.4) is 0 Å². The maximum atomic E-state index is 11.1. The highest BCUT2D eigenvalue weighted by molar-refractivity contribution is 14.2. The van der Waals surface area contributed by atoms with E-state index in [0.29, 0.717) is 11.9 Å². The summed E-state index contributed by atoms with van der Waals surface area (Å²) in [5, 5.41) is 5.64. The first kappa shape index (κ1) is 20.0. The molecule has 4 aromatic rings. The van der Waals surface area contributed by atoms with E-state index in [1.54, 1.807) is 0 Å². The molecule has 0 amide bonds. The van der Waals surface area contributed by atoms with Gasteiger partial charge < -0.3 is 0 Å². The fourth-order valence-electron chi connectivity index (χ4n) is 3.66. The Morgan fingerprint density at radius 2 is 1.72 bits per heavy atom. The van der Waals surface area contributed by atoms with Gasteiger partial charge in [0.15, 0.2) is 0 Å². The van der Waals surface area contributed by atoms with Gasteiger partial charge in [0.05, 0.1) is 18.1 Å². The van der Waals surface area contributed by atoms with Crippen molar-refractivity contribution >= 4 is 56.8 Å². The molecule has 29 heavy (non-hydrogen) atoms. The van der Waals surface area contributed by atoms with Crippen molar-refractivity contribution in [1.82, 2.24) is 9.55 Å². The predicted molar refractivity (Wildman–Crippen MR) is 132 cm³/mol. The quantitative estimate of drug-likeness (QED) is 0.121. The van der Waals surface area contributed by atoms with Gasteiger partial charge in [-0.05, 0) is 68.4 Å². The first-order valence-corrected chi connectivity index (χ1v) is 13.5. The van der Waals surface area contributed by atoms with E-state index in [1.165, 1.54) is 16.7 Å². The van der Waals surface area contributed by atoms with Gasteiger partial charge in [-0.1, -0.05) is 67.6 Å². The molecule has 1 heterocycles. The maximum absolute atomic E-state index is 11.1. The largest absolute Gasteiger partial charge is 0.298 e. The number of aldehydes is 1. The summed E-state index contributed by atoms with van der Waals surface area (Å²) in [5.41, 5.74) is 7.80. The molecule has 3 aromatic carbocycles. The molecule has 1 atom stereocenters. The van der Waals surface area contributed by atoms with Gasteiger partial charge in [-0.15, -0.1) is 0 Å². The summed E-state index contributed by atoms with van der Waals surface area (Å²) in [5.74, 6) is 0. The van der Waals surface area contributed by atoms with Crippen molar-refractivity contribution in [2.24, 2.45) is 0 Å². The number of halogens is 1. The predicted octanol–water partition coefficient (Wildman–Crippen LogP) is 7.01. The van der Waals surface area contributed by atoms with Crippen LogP contribution in [0.4, 0.5) is 0 Å². The molecule has 0 fully saturated rings. The van der Waals surface area contributed by atoms with E-state index in [-0.39, 0.29) is 0 Å². The van der Waals surface area contributed by atoms with Crippen LogP contribution in [0, 0.1) is 0 Å². The van der Waals surface area contributed by atoms with E-state index < -0.39 is 0 Å². The average Bonchev–Trinajstić information content (AvgIpc) is 3.20. The Balaban J connectivity index is 1.97. The summed E-state index contributed by atoms with van der Waals surface area (Å²) in [6, 6.07) is 24.9. The molecule has 4 rings (SSSR count). The summed E-state index contributed by atoms with van der Waals surface area (Å²) < 4.78 is 2.03. The Bertz CT molecular complexity index is 1180. The Labute approximate surface area is 185 Å². The molecule has 0 saturated carbocycles. The second-order valence-corrected chi connectivity index (χ2v) is 8.77. The third-order valence-electron chi connectivity index (χ3n) is 5.05. The smallest absolute Gasteiger partial charge is 0.150 e. The van der Waals surface area contributed by atoms with Crippen LogP contribution in [0.5, 0.6) is 0 Å². The van der Waals surface area contributed by atoms with Crippen LogP contribution in [0.15, 0.2) is 79.0 Å². The molecule has 0 saturated heterocycles. The number of benzene rings is 3. The van der Waals surface area contributed by atoms with Crippen molar-refractivity contribution < 1.29 is 4.79 Å². The first-order chi connectivity index (χ1) is 14.2. The van der Waals surface area contributed by atoms with Crippen molar-refractivity contribution in [1.29, 1.82) is 0 Å². The summed E-state index contributed by atoms with van der Waals surface area (Å²) in [6.45, 7) is 2.19. The van der Waals surface area contributed by atoms with Gasteiger partial charge in [-0.3, -0.25) is 4.79 Å².